The van der Waals surface area contributed by atoms with Crippen molar-refractivity contribution in [3.63, 3.8) is 0 Å². The molecule has 4 rings (SSSR count). The van der Waals surface area contributed by atoms with Crippen molar-refractivity contribution in [2.75, 3.05) is 18.2 Å². The minimum atomic E-state index is -0.381. The first-order valence-electron chi connectivity index (χ1n) is 9.99. The number of hydrogen-bond donors (Lipinski definition) is 2. The molecule has 0 aliphatic rings. The van der Waals surface area contributed by atoms with Gasteiger partial charge < -0.3 is 15.8 Å². The van der Waals surface area contributed by atoms with Crippen molar-refractivity contribution in [2.45, 2.75) is 6.92 Å². The Labute approximate surface area is 199 Å². The Kier molecular flexibility index (Phi) is 6.44. The number of aryl methyl sites for hydroxylation is 1. The number of carbonyl (C=O) groups is 2. The van der Waals surface area contributed by atoms with Crippen molar-refractivity contribution >= 4 is 62.3 Å². The second-order valence-electron chi connectivity index (χ2n) is 7.22. The highest BCUT2D eigenvalue weighted by Crippen LogP contribution is 2.35. The van der Waals surface area contributed by atoms with Gasteiger partial charge in [-0.3, -0.25) is 9.59 Å². The van der Waals surface area contributed by atoms with Crippen molar-refractivity contribution in [3.05, 3.63) is 87.4 Å². The number of pyridine rings is 1. The number of ether oxygens (including phenoxy) is 1. The van der Waals surface area contributed by atoms with Gasteiger partial charge in [-0.25, -0.2) is 4.98 Å². The zero-order chi connectivity index (χ0) is 23.5. The standard InChI is InChI=1S/C25H20ClN3O3S/c1-14-17(21(30)12-9-15-7-10-16(32-2)11-8-15)13-18-22(27)23(33-25(18)28-14)24(31)29-20-6-4-3-5-19(20)26/h3-13H,27H2,1-2H3,(H,29,31)/b12-9+. The molecule has 4 aromatic rings. The summed E-state index contributed by atoms with van der Waals surface area (Å²) in [4.78, 5) is 31.1. The highest BCUT2D eigenvalue weighted by Gasteiger charge is 2.20. The fourth-order valence-electron chi connectivity index (χ4n) is 3.26. The number of thiophene rings is 1. The van der Waals surface area contributed by atoms with Crippen LogP contribution in [0.4, 0.5) is 11.4 Å². The molecule has 0 aliphatic heterocycles. The van der Waals surface area contributed by atoms with E-state index in [4.69, 9.17) is 22.1 Å². The van der Waals surface area contributed by atoms with Crippen molar-refractivity contribution in [1.82, 2.24) is 4.98 Å². The molecule has 2 aromatic heterocycles. The van der Waals surface area contributed by atoms with Gasteiger partial charge in [0.2, 0.25) is 0 Å². The maximum atomic E-state index is 12.9. The number of aromatic nitrogens is 1. The van der Waals surface area contributed by atoms with Gasteiger partial charge in [-0.05, 0) is 48.9 Å². The normalized spacial score (nSPS) is 11.1. The van der Waals surface area contributed by atoms with Crippen LogP contribution in [0.15, 0.2) is 60.7 Å². The van der Waals surface area contributed by atoms with E-state index in [1.165, 1.54) is 17.4 Å². The Morgan fingerprint density at radius 3 is 2.58 bits per heavy atom. The van der Waals surface area contributed by atoms with E-state index in [9.17, 15) is 9.59 Å². The lowest BCUT2D eigenvalue weighted by Gasteiger charge is -2.06. The molecule has 0 bridgehead atoms. The van der Waals surface area contributed by atoms with E-state index in [2.05, 4.69) is 10.3 Å². The molecule has 0 aliphatic carbocycles. The lowest BCUT2D eigenvalue weighted by molar-refractivity contribution is 0.102. The number of nitrogens with one attached hydrogen (secondary N) is 1. The number of nitrogens with zero attached hydrogens (tertiary/aromatic N) is 1. The van der Waals surface area contributed by atoms with Crippen molar-refractivity contribution in [1.29, 1.82) is 0 Å². The van der Waals surface area contributed by atoms with Crippen molar-refractivity contribution < 1.29 is 14.3 Å². The second-order valence-corrected chi connectivity index (χ2v) is 8.63. The molecule has 2 heterocycles. The van der Waals surface area contributed by atoms with Crippen LogP contribution in [-0.4, -0.2) is 23.8 Å². The molecular weight excluding hydrogens is 458 g/mol. The molecule has 33 heavy (non-hydrogen) atoms. The zero-order valence-corrected chi connectivity index (χ0v) is 19.5. The van der Waals surface area contributed by atoms with Gasteiger partial charge in [-0.1, -0.05) is 41.9 Å². The fourth-order valence-corrected chi connectivity index (χ4v) is 4.47. The van der Waals surface area contributed by atoms with Gasteiger partial charge in [0.25, 0.3) is 5.91 Å². The van der Waals surface area contributed by atoms with Crippen LogP contribution in [0.5, 0.6) is 5.75 Å². The minimum Gasteiger partial charge on any atom is -0.497 e. The van der Waals surface area contributed by atoms with Crippen LogP contribution in [0.1, 0.15) is 31.3 Å². The molecule has 8 heteroatoms. The maximum absolute atomic E-state index is 12.9. The number of fused-ring (bicyclic) bond motifs is 1. The van der Waals surface area contributed by atoms with E-state index in [1.807, 2.05) is 24.3 Å². The van der Waals surface area contributed by atoms with Gasteiger partial charge >= 0.3 is 0 Å². The van der Waals surface area contributed by atoms with E-state index in [1.54, 1.807) is 50.4 Å². The topological polar surface area (TPSA) is 94.3 Å². The first-order valence-corrected chi connectivity index (χ1v) is 11.2. The third-order valence-corrected chi connectivity index (χ3v) is 6.49. The third-order valence-electron chi connectivity index (χ3n) is 5.05. The van der Waals surface area contributed by atoms with Gasteiger partial charge in [0.05, 0.1) is 29.2 Å². The number of allylic oxidation sites excluding steroid dienone is 1. The van der Waals surface area contributed by atoms with E-state index < -0.39 is 0 Å². The van der Waals surface area contributed by atoms with Crippen LogP contribution < -0.4 is 15.8 Å². The smallest absolute Gasteiger partial charge is 0.267 e. The number of hydrogen-bond acceptors (Lipinski definition) is 6. The van der Waals surface area contributed by atoms with E-state index in [0.717, 1.165) is 11.3 Å². The van der Waals surface area contributed by atoms with Gasteiger partial charge in [-0.15, -0.1) is 11.3 Å². The van der Waals surface area contributed by atoms with Gasteiger partial charge in [0, 0.05) is 10.9 Å². The number of benzene rings is 2. The number of ketones is 1. The van der Waals surface area contributed by atoms with Crippen LogP contribution in [0.25, 0.3) is 16.3 Å². The number of anilines is 2. The van der Waals surface area contributed by atoms with Crippen molar-refractivity contribution in [2.24, 2.45) is 0 Å². The molecule has 0 fully saturated rings. The van der Waals surface area contributed by atoms with Gasteiger partial charge in [0.15, 0.2) is 5.78 Å². The first kappa shape index (κ1) is 22.5. The summed E-state index contributed by atoms with van der Waals surface area (Å²) in [7, 11) is 1.60. The first-order chi connectivity index (χ1) is 15.9. The SMILES string of the molecule is COc1ccc(/C=C/C(=O)c2cc3c(N)c(C(=O)Nc4ccccc4Cl)sc3nc2C)cc1. The molecule has 0 spiro atoms. The summed E-state index contributed by atoms with van der Waals surface area (Å²) < 4.78 is 5.14. The Bertz CT molecular complexity index is 1390. The lowest BCUT2D eigenvalue weighted by Crippen LogP contribution is -2.12. The summed E-state index contributed by atoms with van der Waals surface area (Å²) >= 11 is 7.31. The highest BCUT2D eigenvalue weighted by atomic mass is 35.5. The van der Waals surface area contributed by atoms with Crippen LogP contribution in [0, 0.1) is 6.92 Å². The Morgan fingerprint density at radius 2 is 1.88 bits per heavy atom. The largest absolute Gasteiger partial charge is 0.497 e. The number of carbonyl (C=O) groups excluding carboxylic acids is 2. The molecule has 3 N–H and O–H groups in total. The average Bonchev–Trinajstić information content (AvgIpc) is 3.14. The number of rotatable bonds is 6. The monoisotopic (exact) mass is 477 g/mol. The van der Waals surface area contributed by atoms with E-state index in [-0.39, 0.29) is 17.4 Å². The molecule has 0 radical (unpaired) electrons. The van der Waals surface area contributed by atoms with Gasteiger partial charge in [-0.2, -0.15) is 0 Å². The molecule has 0 unspecified atom stereocenters. The number of methoxy groups -OCH3 is 1. The summed E-state index contributed by atoms with van der Waals surface area (Å²) in [5.41, 5.74) is 8.90. The molecule has 0 atom stereocenters. The number of nitrogens with two attached hydrogens (primary N) is 1. The van der Waals surface area contributed by atoms with E-state index in [0.29, 0.717) is 37.1 Å². The van der Waals surface area contributed by atoms with Crippen molar-refractivity contribution in [3.8, 4) is 5.75 Å². The summed E-state index contributed by atoms with van der Waals surface area (Å²) in [6.45, 7) is 1.76. The molecular formula is C25H20ClN3O3S. The summed E-state index contributed by atoms with van der Waals surface area (Å²) in [5.74, 6) is 0.158. The van der Waals surface area contributed by atoms with E-state index >= 15 is 0 Å². The van der Waals surface area contributed by atoms with Crippen LogP contribution >= 0.6 is 22.9 Å². The predicted octanol–water partition coefficient (Wildman–Crippen LogP) is 6.00. The predicted molar refractivity (Wildman–Crippen MR) is 135 cm³/mol. The summed E-state index contributed by atoms with van der Waals surface area (Å²) in [5, 5.41) is 3.76. The second kappa shape index (κ2) is 9.44. The number of para-hydroxylation sites is 1. The average molecular weight is 478 g/mol. The molecule has 6 nitrogen and oxygen atoms in total. The Hall–Kier alpha value is -3.68. The highest BCUT2D eigenvalue weighted by molar-refractivity contribution is 7.21. The van der Waals surface area contributed by atoms with Gasteiger partial charge in [0.1, 0.15) is 15.5 Å². The quantitative estimate of drug-likeness (QED) is 0.262. The molecule has 2 aromatic carbocycles. The third kappa shape index (κ3) is 4.74. The molecule has 0 saturated heterocycles. The lowest BCUT2D eigenvalue weighted by atomic mass is 10.1. The number of halogens is 1. The zero-order valence-electron chi connectivity index (χ0n) is 17.9. The molecule has 1 amide bonds. The summed E-state index contributed by atoms with van der Waals surface area (Å²) in [6.07, 6.45) is 3.22. The van der Waals surface area contributed by atoms with Crippen LogP contribution in [-0.2, 0) is 0 Å². The summed E-state index contributed by atoms with van der Waals surface area (Å²) in [6, 6.07) is 16.0. The molecule has 166 valence electrons. The van der Waals surface area contributed by atoms with Crippen LogP contribution in [0.2, 0.25) is 5.02 Å². The minimum absolute atomic E-state index is 0.203. The molecule has 0 saturated carbocycles. The fraction of sp³-hybridized carbons (Fsp3) is 0.0800. The Balaban J connectivity index is 1.61. The number of nitrogen functional groups attached to an aromatic ring is 1. The maximum Gasteiger partial charge on any atom is 0.267 e. The van der Waals surface area contributed by atoms with Crippen LogP contribution in [0.3, 0.4) is 0 Å². The number of amides is 1. The Morgan fingerprint density at radius 1 is 1.15 bits per heavy atom.